The van der Waals surface area contributed by atoms with E-state index in [4.69, 9.17) is 21.4 Å². The van der Waals surface area contributed by atoms with E-state index in [0.717, 1.165) is 12.8 Å². The predicted molar refractivity (Wildman–Crippen MR) is 55.6 cm³/mol. The summed E-state index contributed by atoms with van der Waals surface area (Å²) in [5.74, 6) is -0.793. The van der Waals surface area contributed by atoms with Crippen molar-refractivity contribution < 1.29 is 15.0 Å². The first-order chi connectivity index (χ1) is 6.68. The molecule has 0 aliphatic heterocycles. The fourth-order valence-corrected chi connectivity index (χ4v) is 0.608. The molecular weight excluding hydrogens is 184 g/mol. The Morgan fingerprint density at radius 3 is 2.29 bits per heavy atom. The Morgan fingerprint density at radius 1 is 1.36 bits per heavy atom. The molecule has 0 saturated carbocycles. The lowest BCUT2D eigenvalue weighted by atomic mass is 10.2. The minimum Gasteiger partial charge on any atom is -0.481 e. The summed E-state index contributed by atoms with van der Waals surface area (Å²) in [5, 5.41) is 22.8. The number of hydrogen-bond acceptors (Lipinski definition) is 4. The first kappa shape index (κ1) is 15.5. The Hall–Kier alpha value is -0.940. The SMILES string of the molecule is N=CCCCN.O=C(O)CCCCO. The van der Waals surface area contributed by atoms with Crippen molar-refractivity contribution >= 4 is 12.2 Å². The molecule has 84 valence electrons. The van der Waals surface area contributed by atoms with Gasteiger partial charge in [-0.3, -0.25) is 4.79 Å². The molecule has 0 spiro atoms. The average molecular weight is 204 g/mol. The maximum Gasteiger partial charge on any atom is 0.303 e. The van der Waals surface area contributed by atoms with E-state index in [2.05, 4.69) is 0 Å². The molecule has 14 heavy (non-hydrogen) atoms. The number of aliphatic hydroxyl groups is 1. The van der Waals surface area contributed by atoms with Crippen molar-refractivity contribution in [1.82, 2.24) is 0 Å². The number of carboxylic acids is 1. The van der Waals surface area contributed by atoms with Crippen molar-refractivity contribution in [1.29, 1.82) is 5.41 Å². The van der Waals surface area contributed by atoms with Crippen molar-refractivity contribution in [2.45, 2.75) is 32.1 Å². The molecule has 0 radical (unpaired) electrons. The molecular formula is C9H20N2O3. The van der Waals surface area contributed by atoms with E-state index in [0.29, 0.717) is 19.4 Å². The number of unbranched alkanes of at least 4 members (excludes halogenated alkanes) is 2. The topological polar surface area (TPSA) is 107 Å². The molecule has 0 aromatic rings. The van der Waals surface area contributed by atoms with Crippen LogP contribution >= 0.6 is 0 Å². The second kappa shape index (κ2) is 14.6. The fourth-order valence-electron chi connectivity index (χ4n) is 0.608. The summed E-state index contributed by atoms with van der Waals surface area (Å²) in [4.78, 5) is 9.79. The molecule has 0 unspecified atom stereocenters. The monoisotopic (exact) mass is 204 g/mol. The average Bonchev–Trinajstić information content (AvgIpc) is 2.16. The zero-order valence-electron chi connectivity index (χ0n) is 8.41. The van der Waals surface area contributed by atoms with Crippen LogP contribution in [0.3, 0.4) is 0 Å². The number of hydrogen-bond donors (Lipinski definition) is 4. The molecule has 0 bridgehead atoms. The van der Waals surface area contributed by atoms with Crippen molar-refractivity contribution in [3.63, 3.8) is 0 Å². The van der Waals surface area contributed by atoms with Gasteiger partial charge in [-0.2, -0.15) is 0 Å². The van der Waals surface area contributed by atoms with Crippen LogP contribution in [0.1, 0.15) is 32.1 Å². The Bertz CT molecular complexity index is 140. The van der Waals surface area contributed by atoms with E-state index in [1.165, 1.54) is 6.21 Å². The number of nitrogens with two attached hydrogens (primary N) is 1. The second-order valence-corrected chi connectivity index (χ2v) is 2.71. The van der Waals surface area contributed by atoms with Gasteiger partial charge in [-0.1, -0.05) is 0 Å². The third-order valence-corrected chi connectivity index (χ3v) is 1.35. The third kappa shape index (κ3) is 22.5. The standard InChI is InChI=1S/C5H10O3.C4H10N2/c6-4-2-1-3-5(7)8;5-3-1-2-4-6/h6H,1-4H2,(H,7,8);3,5H,1-2,4,6H2. The molecule has 0 aromatic carbocycles. The van der Waals surface area contributed by atoms with Gasteiger partial charge in [0.2, 0.25) is 0 Å². The number of aliphatic carboxylic acids is 1. The van der Waals surface area contributed by atoms with Crippen LogP contribution in [-0.4, -0.2) is 35.5 Å². The predicted octanol–water partition coefficient (Wildman–Crippen LogP) is 0.608. The summed E-state index contributed by atoms with van der Waals surface area (Å²) >= 11 is 0. The van der Waals surface area contributed by atoms with Crippen molar-refractivity contribution in [2.75, 3.05) is 13.2 Å². The van der Waals surface area contributed by atoms with Gasteiger partial charge in [0.25, 0.3) is 0 Å². The fraction of sp³-hybridized carbons (Fsp3) is 0.778. The van der Waals surface area contributed by atoms with Gasteiger partial charge in [0, 0.05) is 13.0 Å². The quantitative estimate of drug-likeness (QED) is 0.360. The van der Waals surface area contributed by atoms with Crippen LogP contribution < -0.4 is 5.73 Å². The number of aliphatic hydroxyl groups excluding tert-OH is 1. The summed E-state index contributed by atoms with van der Waals surface area (Å²) in [6, 6.07) is 0. The molecule has 0 amide bonds. The van der Waals surface area contributed by atoms with Crippen LogP contribution in [-0.2, 0) is 4.79 Å². The zero-order valence-corrected chi connectivity index (χ0v) is 8.41. The summed E-state index contributed by atoms with van der Waals surface area (Å²) in [6.45, 7) is 0.794. The van der Waals surface area contributed by atoms with E-state index in [9.17, 15) is 4.79 Å². The molecule has 0 fully saturated rings. The second-order valence-electron chi connectivity index (χ2n) is 2.71. The van der Waals surface area contributed by atoms with Crippen molar-refractivity contribution in [3.8, 4) is 0 Å². The van der Waals surface area contributed by atoms with Crippen LogP contribution in [0.4, 0.5) is 0 Å². The highest BCUT2D eigenvalue weighted by atomic mass is 16.4. The lowest BCUT2D eigenvalue weighted by molar-refractivity contribution is -0.137. The first-order valence-corrected chi connectivity index (χ1v) is 4.70. The summed E-state index contributed by atoms with van der Waals surface area (Å²) in [6.07, 6.45) is 4.49. The molecule has 0 rings (SSSR count). The van der Waals surface area contributed by atoms with Gasteiger partial charge in [0.15, 0.2) is 0 Å². The highest BCUT2D eigenvalue weighted by Gasteiger charge is 1.93. The largest absolute Gasteiger partial charge is 0.481 e. The normalized spacial score (nSPS) is 8.71. The lowest BCUT2D eigenvalue weighted by Crippen LogP contribution is -1.97. The van der Waals surface area contributed by atoms with Gasteiger partial charge in [-0.05, 0) is 38.4 Å². The molecule has 5 nitrogen and oxygen atoms in total. The van der Waals surface area contributed by atoms with Crippen LogP contribution in [0.15, 0.2) is 0 Å². The molecule has 0 aliphatic rings. The van der Waals surface area contributed by atoms with Gasteiger partial charge in [0.05, 0.1) is 0 Å². The van der Waals surface area contributed by atoms with Gasteiger partial charge in [0.1, 0.15) is 0 Å². The van der Waals surface area contributed by atoms with E-state index in [-0.39, 0.29) is 13.0 Å². The number of carboxylic acid groups (broad SMARTS) is 1. The van der Waals surface area contributed by atoms with E-state index >= 15 is 0 Å². The number of carbonyl (C=O) groups is 1. The number of nitrogens with one attached hydrogen (secondary N) is 1. The third-order valence-electron chi connectivity index (χ3n) is 1.35. The van der Waals surface area contributed by atoms with Crippen LogP contribution in [0, 0.1) is 5.41 Å². The zero-order chi connectivity index (χ0) is 11.2. The highest BCUT2D eigenvalue weighted by molar-refractivity contribution is 5.66. The van der Waals surface area contributed by atoms with Crippen LogP contribution in [0.5, 0.6) is 0 Å². The molecule has 0 atom stereocenters. The smallest absolute Gasteiger partial charge is 0.303 e. The minimum absolute atomic E-state index is 0.0906. The Morgan fingerprint density at radius 2 is 2.00 bits per heavy atom. The number of rotatable bonds is 7. The molecule has 0 aromatic heterocycles. The van der Waals surface area contributed by atoms with E-state index < -0.39 is 5.97 Å². The van der Waals surface area contributed by atoms with E-state index in [1.807, 2.05) is 0 Å². The molecule has 5 N–H and O–H groups in total. The first-order valence-electron chi connectivity index (χ1n) is 4.70. The van der Waals surface area contributed by atoms with Crippen molar-refractivity contribution in [3.05, 3.63) is 0 Å². The molecule has 0 saturated heterocycles. The molecule has 0 heterocycles. The maximum absolute atomic E-state index is 9.79. The van der Waals surface area contributed by atoms with Gasteiger partial charge < -0.3 is 21.4 Å². The maximum atomic E-state index is 9.79. The van der Waals surface area contributed by atoms with E-state index in [1.54, 1.807) is 0 Å². The Balaban J connectivity index is 0. The van der Waals surface area contributed by atoms with Gasteiger partial charge in [-0.15, -0.1) is 0 Å². The summed E-state index contributed by atoms with van der Waals surface area (Å²) < 4.78 is 0. The lowest BCUT2D eigenvalue weighted by Gasteiger charge is -1.89. The molecule has 5 heteroatoms. The Labute approximate surface area is 84.4 Å². The van der Waals surface area contributed by atoms with Crippen molar-refractivity contribution in [2.24, 2.45) is 5.73 Å². The summed E-state index contributed by atoms with van der Waals surface area (Å²) in [7, 11) is 0. The van der Waals surface area contributed by atoms with Crippen LogP contribution in [0.2, 0.25) is 0 Å². The highest BCUT2D eigenvalue weighted by Crippen LogP contribution is 1.92. The molecule has 0 aliphatic carbocycles. The van der Waals surface area contributed by atoms with Gasteiger partial charge in [-0.25, -0.2) is 0 Å². The Kier molecular flexibility index (Phi) is 16.2. The van der Waals surface area contributed by atoms with Crippen LogP contribution in [0.25, 0.3) is 0 Å². The summed E-state index contributed by atoms with van der Waals surface area (Å²) in [5.41, 5.74) is 5.11. The minimum atomic E-state index is -0.793. The van der Waals surface area contributed by atoms with Gasteiger partial charge >= 0.3 is 5.97 Å².